The number of nitrogens with one attached hydrogen (secondary N) is 1. The lowest BCUT2D eigenvalue weighted by Crippen LogP contribution is -2.44. The van der Waals surface area contributed by atoms with Crippen molar-refractivity contribution in [2.75, 3.05) is 0 Å². The molecule has 3 unspecified atom stereocenters. The van der Waals surface area contributed by atoms with E-state index in [2.05, 4.69) is 5.32 Å². The molecular formula is C8H15NO3. The average molecular weight is 173 g/mol. The van der Waals surface area contributed by atoms with Crippen molar-refractivity contribution < 1.29 is 15.0 Å². The van der Waals surface area contributed by atoms with Gasteiger partial charge in [-0.25, -0.2) is 0 Å². The van der Waals surface area contributed by atoms with Crippen LogP contribution in [0.5, 0.6) is 0 Å². The topological polar surface area (TPSA) is 69.6 Å². The van der Waals surface area contributed by atoms with Gasteiger partial charge in [-0.05, 0) is 26.2 Å². The van der Waals surface area contributed by atoms with Crippen LogP contribution in [0.25, 0.3) is 0 Å². The largest absolute Gasteiger partial charge is 0.480 e. The van der Waals surface area contributed by atoms with E-state index in [1.54, 1.807) is 6.92 Å². The molecule has 0 aliphatic heterocycles. The number of aliphatic carboxylic acids is 1. The highest BCUT2D eigenvalue weighted by molar-refractivity contribution is 5.72. The zero-order valence-corrected chi connectivity index (χ0v) is 7.16. The maximum absolute atomic E-state index is 10.4. The quantitative estimate of drug-likeness (QED) is 0.560. The molecular weight excluding hydrogens is 158 g/mol. The molecule has 0 spiro atoms. The van der Waals surface area contributed by atoms with Gasteiger partial charge in [-0.2, -0.15) is 0 Å². The number of hydrogen-bond donors (Lipinski definition) is 3. The summed E-state index contributed by atoms with van der Waals surface area (Å²) in [7, 11) is 0. The minimum Gasteiger partial charge on any atom is -0.480 e. The molecule has 0 saturated heterocycles. The van der Waals surface area contributed by atoms with Crippen molar-refractivity contribution in [3.05, 3.63) is 0 Å². The summed E-state index contributed by atoms with van der Waals surface area (Å²) in [6.07, 6.45) is 2.26. The Labute approximate surface area is 71.6 Å². The summed E-state index contributed by atoms with van der Waals surface area (Å²) in [5.74, 6) is -0.867. The third-order valence-corrected chi connectivity index (χ3v) is 2.31. The van der Waals surface area contributed by atoms with Crippen LogP contribution in [0.3, 0.4) is 0 Å². The smallest absolute Gasteiger partial charge is 0.320 e. The van der Waals surface area contributed by atoms with Crippen molar-refractivity contribution in [3.63, 3.8) is 0 Å². The van der Waals surface area contributed by atoms with Gasteiger partial charge in [0, 0.05) is 6.04 Å². The van der Waals surface area contributed by atoms with Crippen LogP contribution >= 0.6 is 0 Å². The van der Waals surface area contributed by atoms with E-state index in [4.69, 9.17) is 5.11 Å². The third kappa shape index (κ3) is 2.19. The van der Waals surface area contributed by atoms with Crippen molar-refractivity contribution in [2.45, 2.75) is 44.4 Å². The summed E-state index contributed by atoms with van der Waals surface area (Å²) < 4.78 is 0. The van der Waals surface area contributed by atoms with Gasteiger partial charge in [-0.1, -0.05) is 0 Å². The van der Waals surface area contributed by atoms with Crippen molar-refractivity contribution in [1.82, 2.24) is 5.32 Å². The number of hydrogen-bond acceptors (Lipinski definition) is 3. The minimum atomic E-state index is -0.867. The SMILES string of the molecule is CC(NC1CCCC1O)C(=O)O. The maximum atomic E-state index is 10.4. The number of carboxylic acids is 1. The van der Waals surface area contributed by atoms with E-state index in [-0.39, 0.29) is 12.1 Å². The maximum Gasteiger partial charge on any atom is 0.320 e. The molecule has 1 aliphatic carbocycles. The third-order valence-electron chi connectivity index (χ3n) is 2.31. The molecule has 0 aromatic carbocycles. The highest BCUT2D eigenvalue weighted by atomic mass is 16.4. The van der Waals surface area contributed by atoms with Crippen LogP contribution in [-0.2, 0) is 4.79 Å². The van der Waals surface area contributed by atoms with E-state index in [1.165, 1.54) is 0 Å². The Balaban J connectivity index is 2.35. The summed E-state index contributed by atoms with van der Waals surface area (Å²) in [6, 6.07) is -0.598. The number of aliphatic hydroxyl groups excluding tert-OH is 1. The summed E-state index contributed by atoms with van der Waals surface area (Å²) >= 11 is 0. The van der Waals surface area contributed by atoms with Gasteiger partial charge >= 0.3 is 5.97 Å². The van der Waals surface area contributed by atoms with Gasteiger partial charge in [0.2, 0.25) is 0 Å². The van der Waals surface area contributed by atoms with Crippen molar-refractivity contribution in [2.24, 2.45) is 0 Å². The molecule has 12 heavy (non-hydrogen) atoms. The van der Waals surface area contributed by atoms with Gasteiger partial charge < -0.3 is 10.2 Å². The number of rotatable bonds is 3. The Bertz CT molecular complexity index is 172. The molecule has 1 rings (SSSR count). The van der Waals surface area contributed by atoms with Gasteiger partial charge in [-0.3, -0.25) is 10.1 Å². The van der Waals surface area contributed by atoms with E-state index >= 15 is 0 Å². The van der Waals surface area contributed by atoms with Crippen molar-refractivity contribution in [3.8, 4) is 0 Å². The fraction of sp³-hybridized carbons (Fsp3) is 0.875. The molecule has 0 amide bonds. The molecule has 70 valence electrons. The summed E-state index contributed by atoms with van der Waals surface area (Å²) in [6.45, 7) is 1.59. The van der Waals surface area contributed by atoms with E-state index in [0.717, 1.165) is 19.3 Å². The highest BCUT2D eigenvalue weighted by Gasteiger charge is 2.27. The molecule has 4 nitrogen and oxygen atoms in total. The second kappa shape index (κ2) is 3.87. The second-order valence-electron chi connectivity index (χ2n) is 3.33. The predicted octanol–water partition coefficient (Wildman–Crippen LogP) is -0.0375. The Morgan fingerprint density at radius 3 is 2.67 bits per heavy atom. The molecule has 0 bridgehead atoms. The molecule has 1 fully saturated rings. The molecule has 3 N–H and O–H groups in total. The number of carbonyl (C=O) groups is 1. The molecule has 0 aromatic heterocycles. The first-order valence-corrected chi connectivity index (χ1v) is 4.28. The predicted molar refractivity (Wildman–Crippen MR) is 43.9 cm³/mol. The molecule has 0 radical (unpaired) electrons. The number of aliphatic hydroxyl groups is 1. The first-order valence-electron chi connectivity index (χ1n) is 4.28. The van der Waals surface area contributed by atoms with Crippen LogP contribution in [-0.4, -0.2) is 34.4 Å². The fourth-order valence-corrected chi connectivity index (χ4v) is 1.53. The first kappa shape index (κ1) is 9.48. The normalized spacial score (nSPS) is 31.8. The zero-order valence-electron chi connectivity index (χ0n) is 7.16. The van der Waals surface area contributed by atoms with Crippen molar-refractivity contribution >= 4 is 5.97 Å². The standard InChI is InChI=1S/C8H15NO3/c1-5(8(11)12)9-6-3-2-4-7(6)10/h5-7,9-10H,2-4H2,1H3,(H,11,12). The van der Waals surface area contributed by atoms with Crippen LogP contribution in [0.2, 0.25) is 0 Å². The van der Waals surface area contributed by atoms with E-state index in [1.807, 2.05) is 0 Å². The van der Waals surface area contributed by atoms with Gasteiger partial charge in [0.1, 0.15) is 6.04 Å². The van der Waals surface area contributed by atoms with Gasteiger partial charge in [0.15, 0.2) is 0 Å². The number of carboxylic acid groups (broad SMARTS) is 1. The Morgan fingerprint density at radius 1 is 1.58 bits per heavy atom. The molecule has 3 atom stereocenters. The molecule has 0 aromatic rings. The lowest BCUT2D eigenvalue weighted by molar-refractivity contribution is -0.139. The van der Waals surface area contributed by atoms with Crippen molar-refractivity contribution in [1.29, 1.82) is 0 Å². The second-order valence-corrected chi connectivity index (χ2v) is 3.33. The highest BCUT2D eigenvalue weighted by Crippen LogP contribution is 2.18. The molecule has 1 saturated carbocycles. The van der Waals surface area contributed by atoms with Gasteiger partial charge in [-0.15, -0.1) is 0 Å². The summed E-state index contributed by atoms with van der Waals surface area (Å²) in [5, 5.41) is 20.8. The summed E-state index contributed by atoms with van der Waals surface area (Å²) in [5.41, 5.74) is 0. The molecule has 4 heteroatoms. The van der Waals surface area contributed by atoms with Crippen LogP contribution < -0.4 is 5.32 Å². The Kier molecular flexibility index (Phi) is 3.05. The van der Waals surface area contributed by atoms with Crippen LogP contribution in [0.15, 0.2) is 0 Å². The first-order chi connectivity index (χ1) is 5.61. The monoisotopic (exact) mass is 173 g/mol. The van der Waals surface area contributed by atoms with E-state index < -0.39 is 12.0 Å². The van der Waals surface area contributed by atoms with Crippen LogP contribution in [0.1, 0.15) is 26.2 Å². The Hall–Kier alpha value is -0.610. The fourth-order valence-electron chi connectivity index (χ4n) is 1.53. The van der Waals surface area contributed by atoms with Crippen LogP contribution in [0.4, 0.5) is 0 Å². The Morgan fingerprint density at radius 2 is 2.25 bits per heavy atom. The van der Waals surface area contributed by atoms with Gasteiger partial charge in [0.25, 0.3) is 0 Å². The minimum absolute atomic E-state index is 0.0314. The van der Waals surface area contributed by atoms with E-state index in [0.29, 0.717) is 0 Å². The average Bonchev–Trinajstić information content (AvgIpc) is 2.36. The molecule has 1 aliphatic rings. The lowest BCUT2D eigenvalue weighted by Gasteiger charge is -2.18. The zero-order chi connectivity index (χ0) is 9.14. The van der Waals surface area contributed by atoms with Crippen LogP contribution in [0, 0.1) is 0 Å². The van der Waals surface area contributed by atoms with Gasteiger partial charge in [0.05, 0.1) is 6.10 Å². The molecule has 0 heterocycles. The van der Waals surface area contributed by atoms with E-state index in [9.17, 15) is 9.90 Å². The summed E-state index contributed by atoms with van der Waals surface area (Å²) in [4.78, 5) is 10.4. The lowest BCUT2D eigenvalue weighted by atomic mass is 10.2.